The fourth-order valence-electron chi connectivity index (χ4n) is 3.35. The van der Waals surface area contributed by atoms with Gasteiger partial charge in [0.1, 0.15) is 17.4 Å². The molecule has 0 saturated heterocycles. The van der Waals surface area contributed by atoms with Crippen LogP contribution in [0.3, 0.4) is 0 Å². The smallest absolute Gasteiger partial charge is 0.290 e. The molecule has 0 radical (unpaired) electrons. The standard InChI is InChI=1S/C20H20N4O3/c1-12(19(25)22-15-8-7-13-4-2-5-14(13)10-15)24-20(26)16(21)11-17(23-24)18-6-3-9-27-18/h3,6-12H,2,4-5,21H2,1H3,(H,22,25)/t12-/m1/s1. The van der Waals surface area contributed by atoms with Crippen molar-refractivity contribution in [1.29, 1.82) is 0 Å². The molecule has 1 aromatic carbocycles. The lowest BCUT2D eigenvalue weighted by molar-refractivity contribution is -0.119. The Morgan fingerprint density at radius 1 is 1.26 bits per heavy atom. The molecular formula is C20H20N4O3. The molecule has 1 amide bonds. The molecule has 3 aromatic rings. The molecule has 1 atom stereocenters. The van der Waals surface area contributed by atoms with Gasteiger partial charge in [-0.2, -0.15) is 5.10 Å². The predicted octanol–water partition coefficient (Wildman–Crippen LogP) is 2.77. The maximum Gasteiger partial charge on any atom is 0.290 e. The SMILES string of the molecule is C[C@H](C(=O)Nc1ccc2c(c1)CCC2)n1nc(-c2ccco2)cc(N)c1=O. The molecule has 0 unspecified atom stereocenters. The molecule has 2 aromatic heterocycles. The van der Waals surface area contributed by atoms with Gasteiger partial charge >= 0.3 is 0 Å². The zero-order chi connectivity index (χ0) is 19.0. The van der Waals surface area contributed by atoms with Crippen molar-refractivity contribution >= 4 is 17.3 Å². The molecule has 138 valence electrons. The van der Waals surface area contributed by atoms with Gasteiger partial charge in [-0.25, -0.2) is 4.68 Å². The Kier molecular flexibility index (Phi) is 4.27. The van der Waals surface area contributed by atoms with Crippen molar-refractivity contribution in [2.45, 2.75) is 32.2 Å². The summed E-state index contributed by atoms with van der Waals surface area (Å²) >= 11 is 0. The summed E-state index contributed by atoms with van der Waals surface area (Å²) in [4.78, 5) is 25.1. The van der Waals surface area contributed by atoms with Crippen LogP contribution in [0.5, 0.6) is 0 Å². The fourth-order valence-corrected chi connectivity index (χ4v) is 3.35. The zero-order valence-electron chi connectivity index (χ0n) is 14.9. The molecule has 3 N–H and O–H groups in total. The van der Waals surface area contributed by atoms with Crippen LogP contribution >= 0.6 is 0 Å². The Labute approximate surface area is 155 Å². The number of amides is 1. The van der Waals surface area contributed by atoms with E-state index in [1.165, 1.54) is 23.5 Å². The van der Waals surface area contributed by atoms with Crippen molar-refractivity contribution in [3.63, 3.8) is 0 Å². The highest BCUT2D eigenvalue weighted by atomic mass is 16.3. The average Bonchev–Trinajstić information content (AvgIpc) is 3.34. The van der Waals surface area contributed by atoms with Crippen LogP contribution in [0, 0.1) is 0 Å². The number of nitrogens with zero attached hydrogens (tertiary/aromatic N) is 2. The number of benzene rings is 1. The molecule has 0 saturated carbocycles. The minimum Gasteiger partial charge on any atom is -0.463 e. The van der Waals surface area contributed by atoms with Crippen molar-refractivity contribution in [2.24, 2.45) is 0 Å². The van der Waals surface area contributed by atoms with E-state index in [2.05, 4.69) is 10.4 Å². The van der Waals surface area contributed by atoms with Gasteiger partial charge in [-0.3, -0.25) is 9.59 Å². The van der Waals surface area contributed by atoms with Gasteiger partial charge in [0.25, 0.3) is 5.56 Å². The Morgan fingerprint density at radius 2 is 2.07 bits per heavy atom. The molecule has 7 heteroatoms. The lowest BCUT2D eigenvalue weighted by Crippen LogP contribution is -2.34. The van der Waals surface area contributed by atoms with E-state index in [-0.39, 0.29) is 11.6 Å². The number of nitrogens with one attached hydrogen (secondary N) is 1. The van der Waals surface area contributed by atoms with Crippen molar-refractivity contribution in [3.05, 3.63) is 64.1 Å². The molecule has 1 aliphatic rings. The van der Waals surface area contributed by atoms with Crippen LogP contribution < -0.4 is 16.6 Å². The van der Waals surface area contributed by atoms with E-state index in [4.69, 9.17) is 10.2 Å². The first kappa shape index (κ1) is 17.1. The third-order valence-electron chi connectivity index (χ3n) is 4.85. The van der Waals surface area contributed by atoms with Gasteiger partial charge in [-0.1, -0.05) is 6.07 Å². The normalized spacial score (nSPS) is 14.0. The molecule has 4 rings (SSSR count). The minimum atomic E-state index is -0.831. The molecule has 27 heavy (non-hydrogen) atoms. The number of nitrogen functional groups attached to an aromatic ring is 1. The largest absolute Gasteiger partial charge is 0.463 e. The van der Waals surface area contributed by atoms with Gasteiger partial charge in [0.15, 0.2) is 5.76 Å². The van der Waals surface area contributed by atoms with E-state index in [9.17, 15) is 9.59 Å². The average molecular weight is 364 g/mol. The molecule has 0 fully saturated rings. The molecule has 2 heterocycles. The summed E-state index contributed by atoms with van der Waals surface area (Å²) in [5.74, 6) is 0.139. The quantitative estimate of drug-likeness (QED) is 0.741. The highest BCUT2D eigenvalue weighted by molar-refractivity contribution is 5.93. The van der Waals surface area contributed by atoms with Gasteiger partial charge in [-0.15, -0.1) is 0 Å². The summed E-state index contributed by atoms with van der Waals surface area (Å²) in [6, 6.07) is 9.97. The van der Waals surface area contributed by atoms with Crippen molar-refractivity contribution < 1.29 is 9.21 Å². The topological polar surface area (TPSA) is 103 Å². The summed E-state index contributed by atoms with van der Waals surface area (Å²) < 4.78 is 6.41. The van der Waals surface area contributed by atoms with Crippen molar-refractivity contribution in [1.82, 2.24) is 9.78 Å². The number of aryl methyl sites for hydroxylation is 2. The van der Waals surface area contributed by atoms with E-state index >= 15 is 0 Å². The lowest BCUT2D eigenvalue weighted by Gasteiger charge is -2.16. The Balaban J connectivity index is 1.61. The molecule has 0 spiro atoms. The summed E-state index contributed by atoms with van der Waals surface area (Å²) in [6.45, 7) is 1.61. The highest BCUT2D eigenvalue weighted by Gasteiger charge is 2.21. The second-order valence-electron chi connectivity index (χ2n) is 6.71. The first-order chi connectivity index (χ1) is 13.0. The van der Waals surface area contributed by atoms with Crippen LogP contribution in [0.25, 0.3) is 11.5 Å². The third-order valence-corrected chi connectivity index (χ3v) is 4.85. The second kappa shape index (κ2) is 6.75. The van der Waals surface area contributed by atoms with Crippen LogP contribution in [-0.4, -0.2) is 15.7 Å². The van der Waals surface area contributed by atoms with Gasteiger partial charge in [-0.05, 0) is 67.6 Å². The summed E-state index contributed by atoms with van der Waals surface area (Å²) in [6.07, 6.45) is 4.75. The second-order valence-corrected chi connectivity index (χ2v) is 6.71. The number of anilines is 2. The van der Waals surface area contributed by atoms with Crippen LogP contribution in [-0.2, 0) is 17.6 Å². The van der Waals surface area contributed by atoms with E-state index < -0.39 is 11.6 Å². The number of carbonyl (C=O) groups is 1. The fraction of sp³-hybridized carbons (Fsp3) is 0.250. The number of rotatable bonds is 4. The maximum atomic E-state index is 12.7. The lowest BCUT2D eigenvalue weighted by atomic mass is 10.1. The molecular weight excluding hydrogens is 344 g/mol. The van der Waals surface area contributed by atoms with Gasteiger partial charge in [0.05, 0.1) is 6.26 Å². The van der Waals surface area contributed by atoms with Crippen LogP contribution in [0.1, 0.15) is 30.5 Å². The number of furan rings is 1. The number of hydrogen-bond donors (Lipinski definition) is 2. The number of hydrogen-bond acceptors (Lipinski definition) is 5. The Morgan fingerprint density at radius 3 is 2.85 bits per heavy atom. The van der Waals surface area contributed by atoms with Gasteiger partial charge in [0.2, 0.25) is 5.91 Å². The van der Waals surface area contributed by atoms with E-state index in [1.807, 2.05) is 18.2 Å². The van der Waals surface area contributed by atoms with E-state index in [1.54, 1.807) is 19.1 Å². The molecule has 1 aliphatic carbocycles. The van der Waals surface area contributed by atoms with Crippen molar-refractivity contribution in [3.8, 4) is 11.5 Å². The van der Waals surface area contributed by atoms with Crippen molar-refractivity contribution in [2.75, 3.05) is 11.1 Å². The number of nitrogens with two attached hydrogens (primary N) is 1. The molecule has 0 bridgehead atoms. The van der Waals surface area contributed by atoms with E-state index in [0.29, 0.717) is 11.5 Å². The number of fused-ring (bicyclic) bond motifs is 1. The van der Waals surface area contributed by atoms with Crippen LogP contribution in [0.2, 0.25) is 0 Å². The van der Waals surface area contributed by atoms with Gasteiger partial charge in [0, 0.05) is 5.69 Å². The monoisotopic (exact) mass is 364 g/mol. The first-order valence-corrected chi connectivity index (χ1v) is 8.89. The van der Waals surface area contributed by atoms with E-state index in [0.717, 1.165) is 29.6 Å². The minimum absolute atomic E-state index is 0.00795. The summed E-state index contributed by atoms with van der Waals surface area (Å²) in [7, 11) is 0. The Bertz CT molecular complexity index is 1050. The molecule has 0 aliphatic heterocycles. The number of carbonyl (C=O) groups excluding carboxylic acids is 1. The summed E-state index contributed by atoms with van der Waals surface area (Å²) in [5, 5.41) is 7.13. The highest BCUT2D eigenvalue weighted by Crippen LogP contribution is 2.25. The zero-order valence-corrected chi connectivity index (χ0v) is 14.9. The molecule has 7 nitrogen and oxygen atoms in total. The van der Waals surface area contributed by atoms with Crippen LogP contribution in [0.15, 0.2) is 51.9 Å². The predicted molar refractivity (Wildman–Crippen MR) is 102 cm³/mol. The van der Waals surface area contributed by atoms with Crippen LogP contribution in [0.4, 0.5) is 11.4 Å². The Hall–Kier alpha value is -3.35. The summed E-state index contributed by atoms with van der Waals surface area (Å²) in [5.41, 5.74) is 9.04. The maximum absolute atomic E-state index is 12.7. The first-order valence-electron chi connectivity index (χ1n) is 8.89. The van der Waals surface area contributed by atoms with Gasteiger partial charge < -0.3 is 15.5 Å². The number of aromatic nitrogens is 2. The third kappa shape index (κ3) is 3.23.